The number of carbonyl (C=O) groups excluding carboxylic acids is 1. The Balaban J connectivity index is 2.56. The topological polar surface area (TPSA) is 34.9 Å². The zero-order valence-electron chi connectivity index (χ0n) is 10.3. The number of aromatic nitrogens is 2. The third-order valence-electron chi connectivity index (χ3n) is 2.68. The Morgan fingerprint density at radius 3 is 2.21 bits per heavy atom. The highest BCUT2D eigenvalue weighted by Crippen LogP contribution is 2.21. The summed E-state index contributed by atoms with van der Waals surface area (Å²) in [5.41, 5.74) is 0.867. The van der Waals surface area contributed by atoms with E-state index in [2.05, 4.69) is 5.10 Å². The molecule has 0 fully saturated rings. The van der Waals surface area contributed by atoms with Crippen molar-refractivity contribution in [2.24, 2.45) is 0 Å². The molecule has 100 valence electrons. The molecular formula is C13H11F3N2O. The van der Waals surface area contributed by atoms with Crippen LogP contribution in [-0.2, 0) is 0 Å². The van der Waals surface area contributed by atoms with Gasteiger partial charge in [0.05, 0.1) is 16.9 Å². The Kier molecular flexibility index (Phi) is 3.42. The first kappa shape index (κ1) is 13.3. The van der Waals surface area contributed by atoms with Crippen molar-refractivity contribution in [2.45, 2.75) is 19.8 Å². The predicted molar refractivity (Wildman–Crippen MR) is 62.9 cm³/mol. The van der Waals surface area contributed by atoms with Gasteiger partial charge in [0.25, 0.3) is 0 Å². The third-order valence-corrected chi connectivity index (χ3v) is 2.68. The van der Waals surface area contributed by atoms with Gasteiger partial charge in [0.2, 0.25) is 0 Å². The molecule has 0 N–H and O–H groups in total. The van der Waals surface area contributed by atoms with E-state index in [-0.39, 0.29) is 11.6 Å². The Labute approximate surface area is 107 Å². The Bertz CT molecular complexity index is 612. The molecule has 0 saturated heterocycles. The lowest BCUT2D eigenvalue weighted by atomic mass is 10.1. The van der Waals surface area contributed by atoms with E-state index in [0.717, 1.165) is 16.8 Å². The SMILES string of the molecule is CC(C)c1nn(-c2cc(F)c(F)c(F)c2)cc1C=O. The Hall–Kier alpha value is -2.11. The molecule has 0 aliphatic rings. The van der Waals surface area contributed by atoms with Gasteiger partial charge in [-0.3, -0.25) is 4.79 Å². The van der Waals surface area contributed by atoms with E-state index in [9.17, 15) is 18.0 Å². The maximum absolute atomic E-state index is 13.1. The van der Waals surface area contributed by atoms with Crippen LogP contribution < -0.4 is 0 Å². The lowest BCUT2D eigenvalue weighted by Gasteiger charge is -2.04. The van der Waals surface area contributed by atoms with E-state index in [1.165, 1.54) is 6.20 Å². The number of carbonyl (C=O) groups is 1. The zero-order chi connectivity index (χ0) is 14.2. The van der Waals surface area contributed by atoms with Crippen LogP contribution in [0, 0.1) is 17.5 Å². The number of aldehydes is 1. The molecule has 1 aromatic heterocycles. The van der Waals surface area contributed by atoms with Gasteiger partial charge in [-0.15, -0.1) is 0 Å². The molecule has 6 heteroatoms. The largest absolute Gasteiger partial charge is 0.298 e. The summed E-state index contributed by atoms with van der Waals surface area (Å²) in [7, 11) is 0. The lowest BCUT2D eigenvalue weighted by molar-refractivity contribution is 0.112. The van der Waals surface area contributed by atoms with Crippen LogP contribution in [0.2, 0.25) is 0 Å². The molecular weight excluding hydrogens is 257 g/mol. The van der Waals surface area contributed by atoms with Crippen molar-refractivity contribution < 1.29 is 18.0 Å². The maximum atomic E-state index is 13.1. The molecule has 0 aliphatic heterocycles. The highest BCUT2D eigenvalue weighted by Gasteiger charge is 2.16. The summed E-state index contributed by atoms with van der Waals surface area (Å²) >= 11 is 0. The molecule has 0 unspecified atom stereocenters. The minimum absolute atomic E-state index is 0.0170. The van der Waals surface area contributed by atoms with E-state index in [1.54, 1.807) is 0 Å². The molecule has 0 radical (unpaired) electrons. The molecule has 1 heterocycles. The van der Waals surface area contributed by atoms with Crippen LogP contribution in [0.4, 0.5) is 13.2 Å². The van der Waals surface area contributed by atoms with Crippen LogP contribution >= 0.6 is 0 Å². The van der Waals surface area contributed by atoms with Crippen molar-refractivity contribution in [1.82, 2.24) is 9.78 Å². The van der Waals surface area contributed by atoms with Crippen LogP contribution in [0.1, 0.15) is 35.8 Å². The lowest BCUT2D eigenvalue weighted by Crippen LogP contribution is -2.01. The van der Waals surface area contributed by atoms with Gasteiger partial charge in [0, 0.05) is 18.3 Å². The van der Waals surface area contributed by atoms with Gasteiger partial charge in [0.1, 0.15) is 0 Å². The second-order valence-corrected chi connectivity index (χ2v) is 4.41. The summed E-state index contributed by atoms with van der Waals surface area (Å²) < 4.78 is 40.3. The smallest absolute Gasteiger partial charge is 0.194 e. The molecule has 1 aromatic carbocycles. The van der Waals surface area contributed by atoms with Crippen LogP contribution in [0.3, 0.4) is 0 Å². The van der Waals surface area contributed by atoms with Crippen molar-refractivity contribution in [3.8, 4) is 5.69 Å². The quantitative estimate of drug-likeness (QED) is 0.632. The van der Waals surface area contributed by atoms with Gasteiger partial charge < -0.3 is 0 Å². The van der Waals surface area contributed by atoms with Crippen LogP contribution in [0.15, 0.2) is 18.3 Å². The van der Waals surface area contributed by atoms with E-state index in [4.69, 9.17) is 0 Å². The Morgan fingerprint density at radius 1 is 1.21 bits per heavy atom. The number of hydrogen-bond donors (Lipinski definition) is 0. The molecule has 0 bridgehead atoms. The standard InChI is InChI=1S/C13H11F3N2O/c1-7(2)13-8(6-19)5-18(17-13)9-3-10(14)12(16)11(15)4-9/h3-7H,1-2H3. The van der Waals surface area contributed by atoms with Gasteiger partial charge in [-0.1, -0.05) is 13.8 Å². The van der Waals surface area contributed by atoms with E-state index in [1.807, 2.05) is 13.8 Å². The van der Waals surface area contributed by atoms with E-state index in [0.29, 0.717) is 17.5 Å². The fourth-order valence-electron chi connectivity index (χ4n) is 1.75. The van der Waals surface area contributed by atoms with Crippen molar-refractivity contribution in [2.75, 3.05) is 0 Å². The first-order valence-corrected chi connectivity index (χ1v) is 5.63. The van der Waals surface area contributed by atoms with Crippen molar-refractivity contribution >= 4 is 6.29 Å². The van der Waals surface area contributed by atoms with Crippen LogP contribution in [-0.4, -0.2) is 16.1 Å². The first-order chi connectivity index (χ1) is 8.93. The van der Waals surface area contributed by atoms with Gasteiger partial charge in [-0.2, -0.15) is 5.10 Å². The summed E-state index contributed by atoms with van der Waals surface area (Å²) in [6, 6.07) is 1.65. The predicted octanol–water partition coefficient (Wildman–Crippen LogP) is 3.23. The first-order valence-electron chi connectivity index (χ1n) is 5.63. The summed E-state index contributed by atoms with van der Waals surface area (Å²) in [4.78, 5) is 10.9. The monoisotopic (exact) mass is 268 g/mol. The second kappa shape index (κ2) is 4.87. The van der Waals surface area contributed by atoms with Crippen molar-refractivity contribution in [1.29, 1.82) is 0 Å². The molecule has 2 aromatic rings. The number of halogens is 3. The second-order valence-electron chi connectivity index (χ2n) is 4.41. The highest BCUT2D eigenvalue weighted by molar-refractivity contribution is 5.76. The third kappa shape index (κ3) is 2.38. The summed E-state index contributed by atoms with van der Waals surface area (Å²) in [5.74, 6) is -4.15. The molecule has 2 rings (SSSR count). The summed E-state index contributed by atoms with van der Waals surface area (Å²) in [6.07, 6.45) is 1.98. The fraction of sp³-hybridized carbons (Fsp3) is 0.231. The average Bonchev–Trinajstić information content (AvgIpc) is 2.79. The number of hydrogen-bond acceptors (Lipinski definition) is 2. The Morgan fingerprint density at radius 2 is 1.79 bits per heavy atom. The van der Waals surface area contributed by atoms with E-state index < -0.39 is 17.5 Å². The average molecular weight is 268 g/mol. The van der Waals surface area contributed by atoms with Gasteiger partial charge in [0.15, 0.2) is 23.7 Å². The molecule has 0 amide bonds. The number of rotatable bonds is 3. The number of benzene rings is 1. The number of nitrogens with zero attached hydrogens (tertiary/aromatic N) is 2. The molecule has 0 spiro atoms. The van der Waals surface area contributed by atoms with Crippen LogP contribution in [0.25, 0.3) is 5.69 Å². The minimum Gasteiger partial charge on any atom is -0.298 e. The van der Waals surface area contributed by atoms with Crippen LogP contribution in [0.5, 0.6) is 0 Å². The molecule has 0 saturated carbocycles. The van der Waals surface area contributed by atoms with Crippen molar-refractivity contribution in [3.05, 3.63) is 47.0 Å². The van der Waals surface area contributed by atoms with E-state index >= 15 is 0 Å². The molecule has 0 aliphatic carbocycles. The summed E-state index contributed by atoms with van der Waals surface area (Å²) in [5, 5.41) is 4.09. The fourth-order valence-corrected chi connectivity index (χ4v) is 1.75. The van der Waals surface area contributed by atoms with Gasteiger partial charge >= 0.3 is 0 Å². The molecule has 0 atom stereocenters. The zero-order valence-corrected chi connectivity index (χ0v) is 10.3. The van der Waals surface area contributed by atoms with Crippen molar-refractivity contribution in [3.63, 3.8) is 0 Å². The van der Waals surface area contributed by atoms with Gasteiger partial charge in [-0.25, -0.2) is 17.9 Å². The normalized spacial score (nSPS) is 11.1. The summed E-state index contributed by atoms with van der Waals surface area (Å²) in [6.45, 7) is 3.68. The maximum Gasteiger partial charge on any atom is 0.194 e. The minimum atomic E-state index is -1.53. The molecule has 3 nitrogen and oxygen atoms in total. The highest BCUT2D eigenvalue weighted by atomic mass is 19.2. The van der Waals surface area contributed by atoms with Gasteiger partial charge in [-0.05, 0) is 5.92 Å². The molecule has 19 heavy (non-hydrogen) atoms.